The minimum Gasteiger partial charge on any atom is -0.423 e. The SMILES string of the molecule is O=C(Oc1ccc(/C=N\NC(=S)NC[C@@H]2CCCO2)cc1)c1cccc([N+](=O)[O-])c1. The number of hydrogen-bond acceptors (Lipinski definition) is 7. The van der Waals surface area contributed by atoms with Crippen molar-refractivity contribution >= 4 is 35.2 Å². The molecule has 0 amide bonds. The van der Waals surface area contributed by atoms with Crippen LogP contribution in [0.25, 0.3) is 0 Å². The third-order valence-corrected chi connectivity index (χ3v) is 4.51. The van der Waals surface area contributed by atoms with Crippen LogP contribution >= 0.6 is 12.2 Å². The maximum Gasteiger partial charge on any atom is 0.343 e. The molecule has 0 saturated carbocycles. The molecule has 30 heavy (non-hydrogen) atoms. The number of nitrogens with zero attached hydrogens (tertiary/aromatic N) is 2. The molecule has 0 aliphatic carbocycles. The number of hydrogen-bond donors (Lipinski definition) is 2. The Bertz CT molecular complexity index is 942. The van der Waals surface area contributed by atoms with E-state index in [9.17, 15) is 14.9 Å². The smallest absolute Gasteiger partial charge is 0.343 e. The van der Waals surface area contributed by atoms with Gasteiger partial charge < -0.3 is 14.8 Å². The number of carbonyl (C=O) groups excluding carboxylic acids is 1. The normalized spacial score (nSPS) is 15.7. The fourth-order valence-electron chi connectivity index (χ4n) is 2.75. The van der Waals surface area contributed by atoms with E-state index in [1.54, 1.807) is 30.5 Å². The van der Waals surface area contributed by atoms with E-state index in [1.807, 2.05) is 0 Å². The van der Waals surface area contributed by atoms with Crippen LogP contribution in [0.5, 0.6) is 5.75 Å². The Labute approximate surface area is 178 Å². The summed E-state index contributed by atoms with van der Waals surface area (Å²) in [6.45, 7) is 1.44. The van der Waals surface area contributed by atoms with Crippen molar-refractivity contribution in [3.05, 3.63) is 69.8 Å². The number of nitro groups is 1. The highest BCUT2D eigenvalue weighted by Gasteiger charge is 2.15. The number of nitro benzene ring substituents is 1. The van der Waals surface area contributed by atoms with Crippen LogP contribution in [0, 0.1) is 10.1 Å². The molecule has 1 aliphatic heterocycles. The van der Waals surface area contributed by atoms with E-state index in [0.29, 0.717) is 17.4 Å². The van der Waals surface area contributed by atoms with Crippen molar-refractivity contribution < 1.29 is 19.2 Å². The van der Waals surface area contributed by atoms with Gasteiger partial charge in [0.05, 0.1) is 22.8 Å². The van der Waals surface area contributed by atoms with Crippen LogP contribution in [0.15, 0.2) is 53.6 Å². The third kappa shape index (κ3) is 6.33. The number of hydrazone groups is 1. The number of ether oxygens (including phenoxy) is 2. The summed E-state index contributed by atoms with van der Waals surface area (Å²) in [5.74, 6) is -0.366. The first-order valence-electron chi connectivity index (χ1n) is 9.26. The van der Waals surface area contributed by atoms with E-state index >= 15 is 0 Å². The van der Waals surface area contributed by atoms with Gasteiger partial charge in [-0.25, -0.2) is 4.79 Å². The molecule has 1 aliphatic rings. The zero-order valence-corrected chi connectivity index (χ0v) is 16.8. The first-order chi connectivity index (χ1) is 14.5. The maximum absolute atomic E-state index is 12.2. The van der Waals surface area contributed by atoms with Crippen LogP contribution < -0.4 is 15.5 Å². The quantitative estimate of drug-likeness (QED) is 0.173. The number of thiocarbonyl (C=S) groups is 1. The number of nitrogens with one attached hydrogen (secondary N) is 2. The fourth-order valence-corrected chi connectivity index (χ4v) is 2.89. The number of carbonyl (C=O) groups is 1. The first kappa shape index (κ1) is 21.3. The lowest BCUT2D eigenvalue weighted by atomic mass is 10.2. The molecule has 1 heterocycles. The summed E-state index contributed by atoms with van der Waals surface area (Å²) in [6, 6.07) is 12.0. The van der Waals surface area contributed by atoms with Gasteiger partial charge in [0.15, 0.2) is 5.11 Å². The van der Waals surface area contributed by atoms with Crippen LogP contribution in [0.1, 0.15) is 28.8 Å². The van der Waals surface area contributed by atoms with Crippen molar-refractivity contribution in [2.24, 2.45) is 5.10 Å². The number of non-ortho nitro benzene ring substituents is 1. The highest BCUT2D eigenvalue weighted by atomic mass is 32.1. The van der Waals surface area contributed by atoms with Gasteiger partial charge in [-0.15, -0.1) is 0 Å². The molecule has 0 unspecified atom stereocenters. The van der Waals surface area contributed by atoms with Crippen molar-refractivity contribution in [2.75, 3.05) is 13.2 Å². The summed E-state index contributed by atoms with van der Waals surface area (Å²) in [6.07, 6.45) is 3.86. The second-order valence-corrected chi connectivity index (χ2v) is 6.89. The second-order valence-electron chi connectivity index (χ2n) is 6.48. The third-order valence-electron chi connectivity index (χ3n) is 4.28. The summed E-state index contributed by atoms with van der Waals surface area (Å²) in [7, 11) is 0. The zero-order valence-electron chi connectivity index (χ0n) is 15.9. The molecule has 0 spiro atoms. The summed E-state index contributed by atoms with van der Waals surface area (Å²) in [4.78, 5) is 22.4. The van der Waals surface area contributed by atoms with Crippen LogP contribution in [-0.2, 0) is 4.74 Å². The van der Waals surface area contributed by atoms with Crippen molar-refractivity contribution in [3.8, 4) is 5.75 Å². The van der Waals surface area contributed by atoms with Gasteiger partial charge in [0, 0.05) is 25.3 Å². The fraction of sp³-hybridized carbons (Fsp3) is 0.250. The summed E-state index contributed by atoms with van der Waals surface area (Å²) >= 11 is 5.15. The van der Waals surface area contributed by atoms with Crippen LogP contribution in [0.2, 0.25) is 0 Å². The Kier molecular flexibility index (Phi) is 7.41. The van der Waals surface area contributed by atoms with Crippen molar-refractivity contribution in [3.63, 3.8) is 0 Å². The molecule has 1 saturated heterocycles. The standard InChI is InChI=1S/C20H20N4O5S/c25-19(15-3-1-4-16(11-15)24(26)27)29-17-8-6-14(7-9-17)12-22-23-20(30)21-13-18-5-2-10-28-18/h1,3-4,6-9,11-12,18H,2,5,10,13H2,(H2,21,23,30)/b22-12-/t18-/m0/s1. The largest absolute Gasteiger partial charge is 0.423 e. The van der Waals surface area contributed by atoms with Gasteiger partial charge in [-0.2, -0.15) is 5.10 Å². The molecule has 10 heteroatoms. The predicted molar refractivity (Wildman–Crippen MR) is 115 cm³/mol. The van der Waals surface area contributed by atoms with Gasteiger partial charge in [0.1, 0.15) is 5.75 Å². The van der Waals surface area contributed by atoms with E-state index in [1.165, 1.54) is 24.3 Å². The van der Waals surface area contributed by atoms with Crippen molar-refractivity contribution in [1.82, 2.24) is 10.7 Å². The lowest BCUT2D eigenvalue weighted by molar-refractivity contribution is -0.384. The minimum absolute atomic E-state index is 0.100. The van der Waals surface area contributed by atoms with Gasteiger partial charge in [-0.3, -0.25) is 15.5 Å². The molecule has 2 N–H and O–H groups in total. The molecular formula is C20H20N4O5S. The molecule has 9 nitrogen and oxygen atoms in total. The molecule has 0 bridgehead atoms. The molecule has 1 fully saturated rings. The summed E-state index contributed by atoms with van der Waals surface area (Å²) in [5, 5.41) is 18.3. The van der Waals surface area contributed by atoms with E-state index in [2.05, 4.69) is 15.8 Å². The lowest BCUT2D eigenvalue weighted by Crippen LogP contribution is -2.37. The Hall–Kier alpha value is -3.37. The van der Waals surface area contributed by atoms with E-state index in [4.69, 9.17) is 21.7 Å². The number of esters is 1. The highest BCUT2D eigenvalue weighted by Crippen LogP contribution is 2.17. The predicted octanol–water partition coefficient (Wildman–Crippen LogP) is 2.79. The van der Waals surface area contributed by atoms with Gasteiger partial charge >= 0.3 is 5.97 Å². The zero-order chi connectivity index (χ0) is 21.3. The molecule has 156 valence electrons. The molecule has 0 aromatic heterocycles. The monoisotopic (exact) mass is 428 g/mol. The summed E-state index contributed by atoms with van der Waals surface area (Å²) in [5.41, 5.74) is 3.42. The van der Waals surface area contributed by atoms with Gasteiger partial charge in [-0.1, -0.05) is 6.07 Å². The first-order valence-corrected chi connectivity index (χ1v) is 9.67. The van der Waals surface area contributed by atoms with Crippen LogP contribution in [-0.4, -0.2) is 41.5 Å². The van der Waals surface area contributed by atoms with Gasteiger partial charge in [0.2, 0.25) is 0 Å². The molecule has 2 aromatic carbocycles. The van der Waals surface area contributed by atoms with Gasteiger partial charge in [-0.05, 0) is 61.0 Å². The highest BCUT2D eigenvalue weighted by molar-refractivity contribution is 7.80. The molecule has 3 rings (SSSR count). The second kappa shape index (κ2) is 10.4. The molecular weight excluding hydrogens is 408 g/mol. The van der Waals surface area contributed by atoms with Crippen molar-refractivity contribution in [1.29, 1.82) is 0 Å². The molecule has 1 atom stereocenters. The number of benzene rings is 2. The Morgan fingerprint density at radius 2 is 2.13 bits per heavy atom. The van der Waals surface area contributed by atoms with Crippen LogP contribution in [0.4, 0.5) is 5.69 Å². The molecule has 0 radical (unpaired) electrons. The van der Waals surface area contributed by atoms with E-state index < -0.39 is 10.9 Å². The summed E-state index contributed by atoms with van der Waals surface area (Å²) < 4.78 is 10.8. The van der Waals surface area contributed by atoms with Crippen LogP contribution in [0.3, 0.4) is 0 Å². The molecule has 2 aromatic rings. The van der Waals surface area contributed by atoms with E-state index in [0.717, 1.165) is 25.0 Å². The average molecular weight is 428 g/mol. The minimum atomic E-state index is -0.676. The lowest BCUT2D eigenvalue weighted by Gasteiger charge is -2.11. The maximum atomic E-state index is 12.2. The Balaban J connectivity index is 1.47. The van der Waals surface area contributed by atoms with Gasteiger partial charge in [0.25, 0.3) is 5.69 Å². The number of rotatable bonds is 7. The topological polar surface area (TPSA) is 115 Å². The average Bonchev–Trinajstić information content (AvgIpc) is 3.27. The Morgan fingerprint density at radius 3 is 2.83 bits per heavy atom. The van der Waals surface area contributed by atoms with Crippen molar-refractivity contribution in [2.45, 2.75) is 18.9 Å². The van der Waals surface area contributed by atoms with E-state index in [-0.39, 0.29) is 17.4 Å². The Morgan fingerprint density at radius 1 is 1.33 bits per heavy atom.